The van der Waals surface area contributed by atoms with Crippen molar-refractivity contribution in [2.75, 3.05) is 0 Å². The van der Waals surface area contributed by atoms with Gasteiger partial charge in [0.25, 0.3) is 0 Å². The fraction of sp³-hybridized carbons (Fsp3) is 0.333. The van der Waals surface area contributed by atoms with Crippen molar-refractivity contribution in [3.05, 3.63) is 70.8 Å². The molecule has 112 valence electrons. The summed E-state index contributed by atoms with van der Waals surface area (Å²) in [6.45, 7) is 3.56. The van der Waals surface area contributed by atoms with Crippen molar-refractivity contribution in [3.8, 4) is 0 Å². The van der Waals surface area contributed by atoms with Crippen molar-refractivity contribution < 1.29 is 10.2 Å². The highest BCUT2D eigenvalue weighted by atomic mass is 32.2. The van der Waals surface area contributed by atoms with Gasteiger partial charge in [-0.2, -0.15) is 11.8 Å². The third kappa shape index (κ3) is 4.88. The van der Waals surface area contributed by atoms with Crippen LogP contribution in [-0.4, -0.2) is 10.2 Å². The Balaban J connectivity index is 1.83. The van der Waals surface area contributed by atoms with E-state index in [1.54, 1.807) is 13.8 Å². The van der Waals surface area contributed by atoms with Crippen molar-refractivity contribution in [2.45, 2.75) is 37.6 Å². The number of aliphatic hydroxyl groups is 2. The number of aliphatic hydroxyl groups excluding tert-OH is 2. The first-order valence-electron chi connectivity index (χ1n) is 7.18. The van der Waals surface area contributed by atoms with E-state index in [0.29, 0.717) is 0 Å². The second-order valence-corrected chi connectivity index (χ2v) is 6.31. The maximum absolute atomic E-state index is 9.48. The zero-order chi connectivity index (χ0) is 15.2. The highest BCUT2D eigenvalue weighted by Crippen LogP contribution is 2.21. The molecule has 2 nitrogen and oxygen atoms in total. The average Bonchev–Trinajstić information content (AvgIpc) is 2.48. The number of hydrogen-bond acceptors (Lipinski definition) is 3. The van der Waals surface area contributed by atoms with Crippen LogP contribution in [0.5, 0.6) is 0 Å². The predicted octanol–water partition coefficient (Wildman–Crippen LogP) is 4.23. The standard InChI is InChI=1S/C18H22O2S/c1-13(19)17-7-3-15(4-8-17)11-21-12-16-5-9-18(10-6-16)14(2)20/h3-10,13-14,19-20H,11-12H2,1-2H3. The Hall–Kier alpha value is -1.29. The molecule has 0 saturated carbocycles. The predicted molar refractivity (Wildman–Crippen MR) is 89.2 cm³/mol. The van der Waals surface area contributed by atoms with Crippen LogP contribution in [-0.2, 0) is 11.5 Å². The molecule has 21 heavy (non-hydrogen) atoms. The molecule has 2 rings (SSSR count). The van der Waals surface area contributed by atoms with E-state index in [1.807, 2.05) is 36.0 Å². The highest BCUT2D eigenvalue weighted by molar-refractivity contribution is 7.97. The van der Waals surface area contributed by atoms with Crippen LogP contribution in [0.3, 0.4) is 0 Å². The Kier molecular flexibility index (Phi) is 5.85. The summed E-state index contributed by atoms with van der Waals surface area (Å²) in [7, 11) is 0. The molecule has 2 N–H and O–H groups in total. The van der Waals surface area contributed by atoms with Crippen LogP contribution in [0.2, 0.25) is 0 Å². The average molecular weight is 302 g/mol. The van der Waals surface area contributed by atoms with E-state index in [-0.39, 0.29) is 0 Å². The number of hydrogen-bond donors (Lipinski definition) is 2. The first kappa shape index (κ1) is 16.1. The van der Waals surface area contributed by atoms with E-state index in [1.165, 1.54) is 11.1 Å². The molecule has 0 radical (unpaired) electrons. The van der Waals surface area contributed by atoms with Crippen molar-refractivity contribution in [2.24, 2.45) is 0 Å². The first-order valence-corrected chi connectivity index (χ1v) is 8.33. The van der Waals surface area contributed by atoms with Gasteiger partial charge < -0.3 is 10.2 Å². The summed E-state index contributed by atoms with van der Waals surface area (Å²) in [6, 6.07) is 16.2. The third-order valence-electron chi connectivity index (χ3n) is 3.46. The van der Waals surface area contributed by atoms with Crippen molar-refractivity contribution in [1.29, 1.82) is 0 Å². The summed E-state index contributed by atoms with van der Waals surface area (Å²) in [5.74, 6) is 1.91. The van der Waals surface area contributed by atoms with Gasteiger partial charge in [0.1, 0.15) is 0 Å². The van der Waals surface area contributed by atoms with Crippen LogP contribution in [0.15, 0.2) is 48.5 Å². The normalized spacial score (nSPS) is 13.9. The van der Waals surface area contributed by atoms with Gasteiger partial charge in [0, 0.05) is 11.5 Å². The first-order chi connectivity index (χ1) is 10.1. The van der Waals surface area contributed by atoms with Gasteiger partial charge in [-0.1, -0.05) is 48.5 Å². The van der Waals surface area contributed by atoms with Crippen LogP contribution < -0.4 is 0 Å². The lowest BCUT2D eigenvalue weighted by atomic mass is 10.1. The van der Waals surface area contributed by atoms with Gasteiger partial charge in [-0.3, -0.25) is 0 Å². The second kappa shape index (κ2) is 7.64. The molecule has 3 heteroatoms. The molecule has 0 saturated heterocycles. The van der Waals surface area contributed by atoms with Gasteiger partial charge in [0.15, 0.2) is 0 Å². The SMILES string of the molecule is CC(O)c1ccc(CSCc2ccc(C(C)O)cc2)cc1. The van der Waals surface area contributed by atoms with E-state index in [0.717, 1.165) is 22.6 Å². The Morgan fingerprint density at radius 1 is 0.714 bits per heavy atom. The quantitative estimate of drug-likeness (QED) is 0.839. The molecule has 2 aromatic carbocycles. The van der Waals surface area contributed by atoms with Crippen LogP contribution >= 0.6 is 11.8 Å². The van der Waals surface area contributed by atoms with Gasteiger partial charge >= 0.3 is 0 Å². The lowest BCUT2D eigenvalue weighted by molar-refractivity contribution is 0.199. The Morgan fingerprint density at radius 3 is 1.33 bits per heavy atom. The van der Waals surface area contributed by atoms with E-state index in [4.69, 9.17) is 0 Å². The zero-order valence-electron chi connectivity index (χ0n) is 12.5. The largest absolute Gasteiger partial charge is 0.389 e. The molecule has 0 fully saturated rings. The fourth-order valence-corrected chi connectivity index (χ4v) is 3.03. The number of thioether (sulfide) groups is 1. The van der Waals surface area contributed by atoms with E-state index < -0.39 is 12.2 Å². The molecule has 0 aromatic heterocycles. The minimum absolute atomic E-state index is 0.404. The lowest BCUT2D eigenvalue weighted by Gasteiger charge is -2.08. The van der Waals surface area contributed by atoms with Gasteiger partial charge in [0.2, 0.25) is 0 Å². The zero-order valence-corrected chi connectivity index (χ0v) is 13.3. The maximum Gasteiger partial charge on any atom is 0.0761 e. The smallest absolute Gasteiger partial charge is 0.0761 e. The Labute approximate surface area is 130 Å². The maximum atomic E-state index is 9.48. The van der Waals surface area contributed by atoms with Gasteiger partial charge in [0.05, 0.1) is 12.2 Å². The summed E-state index contributed by atoms with van der Waals surface area (Å²) in [4.78, 5) is 0. The monoisotopic (exact) mass is 302 g/mol. The molecule has 0 heterocycles. The van der Waals surface area contributed by atoms with E-state index in [2.05, 4.69) is 24.3 Å². The number of benzene rings is 2. The molecule has 2 aromatic rings. The molecular formula is C18H22O2S. The Bertz CT molecular complexity index is 493. The molecule has 2 unspecified atom stereocenters. The van der Waals surface area contributed by atoms with Gasteiger partial charge in [-0.05, 0) is 36.1 Å². The van der Waals surface area contributed by atoms with Crippen LogP contribution in [0.1, 0.15) is 48.3 Å². The van der Waals surface area contributed by atoms with Crippen LogP contribution in [0.25, 0.3) is 0 Å². The topological polar surface area (TPSA) is 40.5 Å². The summed E-state index contributed by atoms with van der Waals surface area (Å²) in [6.07, 6.45) is -0.807. The van der Waals surface area contributed by atoms with Crippen LogP contribution in [0, 0.1) is 0 Å². The molecule has 2 atom stereocenters. The fourth-order valence-electron chi connectivity index (χ4n) is 2.07. The van der Waals surface area contributed by atoms with Crippen molar-refractivity contribution >= 4 is 11.8 Å². The molecule has 0 aliphatic heterocycles. The van der Waals surface area contributed by atoms with E-state index >= 15 is 0 Å². The highest BCUT2D eigenvalue weighted by Gasteiger charge is 2.02. The molecular weight excluding hydrogens is 280 g/mol. The molecule has 0 aliphatic carbocycles. The third-order valence-corrected chi connectivity index (χ3v) is 4.54. The van der Waals surface area contributed by atoms with Gasteiger partial charge in [-0.15, -0.1) is 0 Å². The minimum Gasteiger partial charge on any atom is -0.389 e. The minimum atomic E-state index is -0.404. The summed E-state index contributed by atoms with van der Waals surface area (Å²) in [5.41, 5.74) is 4.45. The van der Waals surface area contributed by atoms with Crippen molar-refractivity contribution in [3.63, 3.8) is 0 Å². The van der Waals surface area contributed by atoms with E-state index in [9.17, 15) is 10.2 Å². The summed E-state index contributed by atoms with van der Waals surface area (Å²) >= 11 is 1.86. The van der Waals surface area contributed by atoms with Gasteiger partial charge in [-0.25, -0.2) is 0 Å². The van der Waals surface area contributed by atoms with Crippen molar-refractivity contribution in [1.82, 2.24) is 0 Å². The molecule has 0 spiro atoms. The van der Waals surface area contributed by atoms with Crippen LogP contribution in [0.4, 0.5) is 0 Å². The number of rotatable bonds is 6. The lowest BCUT2D eigenvalue weighted by Crippen LogP contribution is -1.92. The Morgan fingerprint density at radius 2 is 1.05 bits per heavy atom. The molecule has 0 amide bonds. The molecule has 0 aliphatic rings. The summed E-state index contributed by atoms with van der Waals surface area (Å²) < 4.78 is 0. The summed E-state index contributed by atoms with van der Waals surface area (Å²) in [5, 5.41) is 19.0. The molecule has 0 bridgehead atoms. The second-order valence-electron chi connectivity index (χ2n) is 5.33.